The first-order chi connectivity index (χ1) is 13.6. The first-order valence-corrected chi connectivity index (χ1v) is 9.34. The number of guanidine groups is 1. The summed E-state index contributed by atoms with van der Waals surface area (Å²) in [5.41, 5.74) is 1.01. The van der Waals surface area contributed by atoms with Gasteiger partial charge in [0.05, 0.1) is 21.3 Å². The second kappa shape index (κ2) is 13.1. The highest BCUT2D eigenvalue weighted by atomic mass is 127. The van der Waals surface area contributed by atoms with Gasteiger partial charge in [0.1, 0.15) is 5.82 Å². The average Bonchev–Trinajstić information content (AvgIpc) is 3.13. The highest BCUT2D eigenvalue weighted by Gasteiger charge is 2.13. The minimum atomic E-state index is 0. The molecule has 1 aromatic carbocycles. The predicted octanol–water partition coefficient (Wildman–Crippen LogP) is 2.98. The lowest BCUT2D eigenvalue weighted by Gasteiger charge is -2.16. The van der Waals surface area contributed by atoms with Gasteiger partial charge in [-0.15, -0.1) is 24.0 Å². The van der Waals surface area contributed by atoms with Crippen molar-refractivity contribution in [2.45, 2.75) is 32.9 Å². The van der Waals surface area contributed by atoms with Crippen LogP contribution in [0, 0.1) is 6.92 Å². The van der Waals surface area contributed by atoms with Crippen LogP contribution in [0.15, 0.2) is 29.5 Å². The number of hydrogen-bond acceptors (Lipinski definition) is 5. The summed E-state index contributed by atoms with van der Waals surface area (Å²) >= 11 is 0. The number of aromatic nitrogens is 2. The molecule has 0 aliphatic heterocycles. The number of ether oxygens (including phenoxy) is 3. The fourth-order valence-electron chi connectivity index (χ4n) is 2.90. The first-order valence-electron chi connectivity index (χ1n) is 9.34. The standard InChI is InChI=1S/C20H31N5O3.HI/c1-15-22-9-11-25(15)10-7-6-8-23-20(21-2)24-14-16-12-17(26-3)19(28-5)18(13-16)27-4;/h9,11-13H,6-8,10,14H2,1-5H3,(H2,21,23,24);1H. The van der Waals surface area contributed by atoms with Crippen LogP contribution in [0.2, 0.25) is 0 Å². The van der Waals surface area contributed by atoms with Crippen LogP contribution in [0.3, 0.4) is 0 Å². The Bertz CT molecular complexity index is 754. The SMILES string of the molecule is CN=C(NCCCCn1ccnc1C)NCc1cc(OC)c(OC)c(OC)c1.I. The number of nitrogens with one attached hydrogen (secondary N) is 2. The Morgan fingerprint density at radius 3 is 2.28 bits per heavy atom. The normalized spacial score (nSPS) is 10.9. The molecule has 0 saturated carbocycles. The van der Waals surface area contributed by atoms with Crippen LogP contribution in [-0.4, -0.2) is 50.4 Å². The fourth-order valence-corrected chi connectivity index (χ4v) is 2.90. The zero-order valence-corrected chi connectivity index (χ0v) is 20.1. The van der Waals surface area contributed by atoms with Gasteiger partial charge >= 0.3 is 0 Å². The van der Waals surface area contributed by atoms with E-state index in [0.717, 1.165) is 43.3 Å². The Balaban J connectivity index is 0.00000420. The molecule has 162 valence electrons. The Morgan fingerprint density at radius 2 is 1.76 bits per heavy atom. The quantitative estimate of drug-likeness (QED) is 0.218. The molecule has 2 aromatic rings. The lowest BCUT2D eigenvalue weighted by atomic mass is 10.2. The molecule has 0 unspecified atom stereocenters. The summed E-state index contributed by atoms with van der Waals surface area (Å²) in [6, 6.07) is 3.85. The van der Waals surface area contributed by atoms with Crippen molar-refractivity contribution >= 4 is 29.9 Å². The molecule has 0 atom stereocenters. The Hall–Kier alpha value is -2.17. The summed E-state index contributed by atoms with van der Waals surface area (Å²) in [7, 11) is 6.58. The third-order valence-corrected chi connectivity index (χ3v) is 4.45. The van der Waals surface area contributed by atoms with Crippen molar-refractivity contribution < 1.29 is 14.2 Å². The number of unbranched alkanes of at least 4 members (excludes halogenated alkanes) is 1. The topological polar surface area (TPSA) is 81.9 Å². The molecule has 0 bridgehead atoms. The maximum absolute atomic E-state index is 5.40. The van der Waals surface area contributed by atoms with E-state index in [1.165, 1.54) is 0 Å². The molecule has 2 N–H and O–H groups in total. The van der Waals surface area contributed by atoms with Crippen LogP contribution in [0.25, 0.3) is 0 Å². The van der Waals surface area contributed by atoms with E-state index in [0.29, 0.717) is 23.8 Å². The smallest absolute Gasteiger partial charge is 0.203 e. The lowest BCUT2D eigenvalue weighted by Crippen LogP contribution is -2.37. The minimum Gasteiger partial charge on any atom is -0.493 e. The number of hydrogen-bond donors (Lipinski definition) is 2. The monoisotopic (exact) mass is 517 g/mol. The van der Waals surface area contributed by atoms with E-state index in [9.17, 15) is 0 Å². The van der Waals surface area contributed by atoms with Gasteiger partial charge in [-0.1, -0.05) is 0 Å². The lowest BCUT2D eigenvalue weighted by molar-refractivity contribution is 0.323. The third-order valence-electron chi connectivity index (χ3n) is 4.45. The summed E-state index contributed by atoms with van der Waals surface area (Å²) in [6.07, 6.45) is 5.97. The Morgan fingerprint density at radius 1 is 1.07 bits per heavy atom. The van der Waals surface area contributed by atoms with Crippen molar-refractivity contribution in [3.05, 3.63) is 35.9 Å². The Labute approximate surface area is 190 Å². The molecule has 0 amide bonds. The van der Waals surface area contributed by atoms with Crippen LogP contribution in [-0.2, 0) is 13.1 Å². The van der Waals surface area contributed by atoms with Crippen molar-refractivity contribution in [1.29, 1.82) is 0 Å². The van der Waals surface area contributed by atoms with E-state index in [2.05, 4.69) is 25.2 Å². The molecule has 29 heavy (non-hydrogen) atoms. The summed E-state index contributed by atoms with van der Waals surface area (Å²) in [5, 5.41) is 6.65. The molecule has 0 fully saturated rings. The first kappa shape index (κ1) is 24.9. The van der Waals surface area contributed by atoms with Gasteiger partial charge in [-0.3, -0.25) is 4.99 Å². The molecule has 2 rings (SSSR count). The molecule has 0 aliphatic rings. The van der Waals surface area contributed by atoms with Gasteiger partial charge < -0.3 is 29.4 Å². The number of methoxy groups -OCH3 is 3. The third kappa shape index (κ3) is 7.30. The second-order valence-electron chi connectivity index (χ2n) is 6.26. The van der Waals surface area contributed by atoms with E-state index in [1.807, 2.05) is 31.5 Å². The van der Waals surface area contributed by atoms with Crippen molar-refractivity contribution in [3.8, 4) is 17.2 Å². The van der Waals surface area contributed by atoms with Crippen molar-refractivity contribution in [1.82, 2.24) is 20.2 Å². The summed E-state index contributed by atoms with van der Waals surface area (Å²) in [6.45, 7) is 4.44. The summed E-state index contributed by atoms with van der Waals surface area (Å²) in [4.78, 5) is 8.51. The molecular formula is C20H32IN5O3. The number of aliphatic imine (C=N–C) groups is 1. The van der Waals surface area contributed by atoms with E-state index in [1.54, 1.807) is 28.4 Å². The van der Waals surface area contributed by atoms with Gasteiger partial charge in [0, 0.05) is 39.1 Å². The van der Waals surface area contributed by atoms with Crippen LogP contribution in [0.4, 0.5) is 0 Å². The second-order valence-corrected chi connectivity index (χ2v) is 6.26. The number of halogens is 1. The van der Waals surface area contributed by atoms with Crippen molar-refractivity contribution in [3.63, 3.8) is 0 Å². The number of imidazole rings is 1. The molecule has 9 heteroatoms. The van der Waals surface area contributed by atoms with Crippen LogP contribution < -0.4 is 24.8 Å². The highest BCUT2D eigenvalue weighted by molar-refractivity contribution is 14.0. The molecule has 8 nitrogen and oxygen atoms in total. The number of rotatable bonds is 10. The van der Waals surface area contributed by atoms with E-state index in [-0.39, 0.29) is 24.0 Å². The molecule has 0 saturated heterocycles. The minimum absolute atomic E-state index is 0. The highest BCUT2D eigenvalue weighted by Crippen LogP contribution is 2.38. The molecule has 1 aromatic heterocycles. The number of nitrogens with zero attached hydrogens (tertiary/aromatic N) is 3. The average molecular weight is 517 g/mol. The molecular weight excluding hydrogens is 485 g/mol. The van der Waals surface area contributed by atoms with Crippen molar-refractivity contribution in [2.75, 3.05) is 34.9 Å². The van der Waals surface area contributed by atoms with Gasteiger partial charge in [-0.05, 0) is 37.5 Å². The summed E-state index contributed by atoms with van der Waals surface area (Å²) < 4.78 is 18.3. The molecule has 0 aliphatic carbocycles. The maximum atomic E-state index is 5.40. The van der Waals surface area contributed by atoms with Crippen LogP contribution >= 0.6 is 24.0 Å². The fraction of sp³-hybridized carbons (Fsp3) is 0.500. The molecule has 0 radical (unpaired) electrons. The Kier molecular flexibility index (Phi) is 11.3. The maximum Gasteiger partial charge on any atom is 0.203 e. The summed E-state index contributed by atoms with van der Waals surface area (Å²) in [5.74, 6) is 3.67. The van der Waals surface area contributed by atoms with E-state index >= 15 is 0 Å². The largest absolute Gasteiger partial charge is 0.493 e. The number of benzene rings is 1. The van der Waals surface area contributed by atoms with Gasteiger partial charge in [-0.25, -0.2) is 4.98 Å². The van der Waals surface area contributed by atoms with Gasteiger partial charge in [0.15, 0.2) is 17.5 Å². The zero-order chi connectivity index (χ0) is 20.4. The molecule has 0 spiro atoms. The van der Waals surface area contributed by atoms with Gasteiger partial charge in [-0.2, -0.15) is 0 Å². The van der Waals surface area contributed by atoms with Gasteiger partial charge in [0.25, 0.3) is 0 Å². The van der Waals surface area contributed by atoms with E-state index in [4.69, 9.17) is 14.2 Å². The predicted molar refractivity (Wildman–Crippen MR) is 126 cm³/mol. The van der Waals surface area contributed by atoms with E-state index < -0.39 is 0 Å². The van der Waals surface area contributed by atoms with Crippen molar-refractivity contribution in [2.24, 2.45) is 4.99 Å². The van der Waals surface area contributed by atoms with Crippen LogP contribution in [0.1, 0.15) is 24.2 Å². The van der Waals surface area contributed by atoms with Gasteiger partial charge in [0.2, 0.25) is 5.75 Å². The number of aryl methyl sites for hydroxylation is 2. The zero-order valence-electron chi connectivity index (χ0n) is 17.8. The molecule has 1 heterocycles. The van der Waals surface area contributed by atoms with Crippen LogP contribution in [0.5, 0.6) is 17.2 Å².